The topological polar surface area (TPSA) is 47.0 Å². The van der Waals surface area contributed by atoms with E-state index < -0.39 is 11.6 Å². The van der Waals surface area contributed by atoms with Gasteiger partial charge >= 0.3 is 0 Å². The number of ether oxygens (including phenoxy) is 1. The predicted molar refractivity (Wildman–Crippen MR) is 100 cm³/mol. The Morgan fingerprint density at radius 2 is 1.78 bits per heavy atom. The molecule has 0 bridgehead atoms. The van der Waals surface area contributed by atoms with Crippen molar-refractivity contribution in [2.75, 3.05) is 0 Å². The van der Waals surface area contributed by atoms with E-state index in [0.717, 1.165) is 28.6 Å². The van der Waals surface area contributed by atoms with Crippen molar-refractivity contribution in [3.05, 3.63) is 82.4 Å². The second-order valence-corrected chi connectivity index (χ2v) is 6.40. The summed E-state index contributed by atoms with van der Waals surface area (Å²) in [6.45, 7) is 1.93. The van der Waals surface area contributed by atoms with E-state index in [1.54, 1.807) is 25.5 Å². The summed E-state index contributed by atoms with van der Waals surface area (Å²) < 4.78 is 34.5. The van der Waals surface area contributed by atoms with Gasteiger partial charge in [-0.1, -0.05) is 11.6 Å². The molecule has 2 aromatic heterocycles. The van der Waals surface area contributed by atoms with Gasteiger partial charge in [0.2, 0.25) is 0 Å². The lowest BCUT2D eigenvalue weighted by Gasteiger charge is -2.14. The van der Waals surface area contributed by atoms with Gasteiger partial charge in [-0.2, -0.15) is 0 Å². The Labute approximate surface area is 153 Å². The van der Waals surface area contributed by atoms with E-state index in [9.17, 15) is 13.6 Å². The zero-order valence-corrected chi connectivity index (χ0v) is 14.7. The van der Waals surface area contributed by atoms with Crippen molar-refractivity contribution in [3.8, 4) is 22.6 Å². The fraction of sp³-hybridized carbons (Fsp3) is 0.0952. The van der Waals surface area contributed by atoms with Gasteiger partial charge in [0.25, 0.3) is 5.56 Å². The Hall–Kier alpha value is -3.41. The van der Waals surface area contributed by atoms with Gasteiger partial charge < -0.3 is 14.3 Å². The van der Waals surface area contributed by atoms with Gasteiger partial charge in [-0.05, 0) is 37.3 Å². The molecule has 2 heterocycles. The molecule has 27 heavy (non-hydrogen) atoms. The average molecular weight is 366 g/mol. The van der Waals surface area contributed by atoms with Crippen LogP contribution in [0.4, 0.5) is 8.78 Å². The van der Waals surface area contributed by atoms with Crippen LogP contribution in [0.5, 0.6) is 11.5 Å². The number of aromatic nitrogens is 2. The number of fused-ring (bicyclic) bond motifs is 1. The molecule has 4 aromatic rings. The number of benzene rings is 2. The highest BCUT2D eigenvalue weighted by Crippen LogP contribution is 2.37. The third-order valence-electron chi connectivity index (χ3n) is 4.43. The van der Waals surface area contributed by atoms with Crippen molar-refractivity contribution in [2.45, 2.75) is 6.92 Å². The van der Waals surface area contributed by atoms with Crippen molar-refractivity contribution >= 4 is 10.9 Å². The summed E-state index contributed by atoms with van der Waals surface area (Å²) in [5.41, 5.74) is 2.80. The molecule has 0 aliphatic rings. The molecule has 136 valence electrons. The van der Waals surface area contributed by atoms with Crippen LogP contribution < -0.4 is 10.3 Å². The van der Waals surface area contributed by atoms with E-state index in [1.165, 1.54) is 10.6 Å². The highest BCUT2D eigenvalue weighted by Gasteiger charge is 2.16. The minimum absolute atomic E-state index is 0.0726. The molecule has 0 aliphatic heterocycles. The first-order chi connectivity index (χ1) is 12.9. The molecule has 4 rings (SSSR count). The van der Waals surface area contributed by atoms with Gasteiger partial charge in [-0.25, -0.2) is 8.78 Å². The molecule has 2 aromatic carbocycles. The molecular weight excluding hydrogens is 350 g/mol. The number of nitrogens with one attached hydrogen (secondary N) is 1. The van der Waals surface area contributed by atoms with Gasteiger partial charge in [0.05, 0.1) is 0 Å². The van der Waals surface area contributed by atoms with E-state index >= 15 is 0 Å². The summed E-state index contributed by atoms with van der Waals surface area (Å²) in [4.78, 5) is 15.3. The number of rotatable bonds is 3. The van der Waals surface area contributed by atoms with Crippen LogP contribution in [-0.2, 0) is 7.05 Å². The van der Waals surface area contributed by atoms with Gasteiger partial charge in [-0.15, -0.1) is 0 Å². The zero-order chi connectivity index (χ0) is 19.1. The molecule has 0 atom stereocenters. The van der Waals surface area contributed by atoms with Crippen molar-refractivity contribution in [2.24, 2.45) is 7.05 Å². The van der Waals surface area contributed by atoms with Crippen LogP contribution >= 0.6 is 0 Å². The quantitative estimate of drug-likeness (QED) is 0.560. The lowest BCUT2D eigenvalue weighted by atomic mass is 10.0. The lowest BCUT2D eigenvalue weighted by molar-refractivity contribution is 0.439. The first-order valence-corrected chi connectivity index (χ1v) is 8.34. The highest BCUT2D eigenvalue weighted by atomic mass is 19.1. The molecular formula is C21H16F2N2O2. The smallest absolute Gasteiger partial charge is 0.274 e. The number of hydrogen-bond donors (Lipinski definition) is 1. The number of pyridine rings is 1. The van der Waals surface area contributed by atoms with Crippen LogP contribution in [0, 0.1) is 18.6 Å². The maximum atomic E-state index is 14.1. The minimum atomic E-state index is -0.784. The van der Waals surface area contributed by atoms with E-state index in [0.29, 0.717) is 16.8 Å². The fourth-order valence-electron chi connectivity index (χ4n) is 3.10. The molecule has 0 amide bonds. The number of H-pyrrole nitrogens is 1. The van der Waals surface area contributed by atoms with Crippen molar-refractivity contribution < 1.29 is 13.5 Å². The van der Waals surface area contributed by atoms with E-state index in [1.807, 2.05) is 25.1 Å². The first kappa shape index (κ1) is 17.0. The molecule has 6 heteroatoms. The van der Waals surface area contributed by atoms with Crippen LogP contribution in [-0.4, -0.2) is 9.55 Å². The normalized spacial score (nSPS) is 11.1. The second kappa shape index (κ2) is 6.39. The monoisotopic (exact) mass is 366 g/mol. The Kier molecular flexibility index (Phi) is 4.03. The maximum absolute atomic E-state index is 14.1. The van der Waals surface area contributed by atoms with Crippen LogP contribution in [0.2, 0.25) is 0 Å². The molecule has 0 saturated carbocycles. The number of aromatic amines is 1. The van der Waals surface area contributed by atoms with Crippen molar-refractivity contribution in [1.82, 2.24) is 9.55 Å². The van der Waals surface area contributed by atoms with Crippen LogP contribution in [0.1, 0.15) is 5.56 Å². The predicted octanol–water partition coefficient (Wildman–Crippen LogP) is 4.91. The number of aryl methyl sites for hydroxylation is 2. The Morgan fingerprint density at radius 3 is 2.56 bits per heavy atom. The van der Waals surface area contributed by atoms with Gasteiger partial charge in [0, 0.05) is 42.0 Å². The second-order valence-electron chi connectivity index (χ2n) is 6.40. The fourth-order valence-corrected chi connectivity index (χ4v) is 3.10. The lowest BCUT2D eigenvalue weighted by Crippen LogP contribution is -2.16. The Morgan fingerprint density at radius 1 is 1.00 bits per heavy atom. The SMILES string of the molecule is Cc1ccc(Oc2ccc(F)cc2F)c(-c2cn(C)c(=O)c3[nH]ccc23)c1. The van der Waals surface area contributed by atoms with Gasteiger partial charge in [0.15, 0.2) is 11.6 Å². The minimum Gasteiger partial charge on any atom is -0.454 e. The molecule has 4 nitrogen and oxygen atoms in total. The van der Waals surface area contributed by atoms with Crippen LogP contribution in [0.25, 0.3) is 22.0 Å². The van der Waals surface area contributed by atoms with Crippen molar-refractivity contribution in [3.63, 3.8) is 0 Å². The van der Waals surface area contributed by atoms with Crippen LogP contribution in [0.15, 0.2) is 59.7 Å². The van der Waals surface area contributed by atoms with Gasteiger partial charge in [0.1, 0.15) is 17.1 Å². The van der Waals surface area contributed by atoms with E-state index in [4.69, 9.17) is 4.74 Å². The summed E-state index contributed by atoms with van der Waals surface area (Å²) in [6, 6.07) is 10.5. The van der Waals surface area contributed by atoms with Crippen LogP contribution in [0.3, 0.4) is 0 Å². The van der Waals surface area contributed by atoms with Gasteiger partial charge in [-0.3, -0.25) is 4.79 Å². The summed E-state index contributed by atoms with van der Waals surface area (Å²) in [5, 5.41) is 0.744. The molecule has 0 fully saturated rings. The third kappa shape index (κ3) is 2.99. The van der Waals surface area contributed by atoms with Crippen molar-refractivity contribution in [1.29, 1.82) is 0 Å². The highest BCUT2D eigenvalue weighted by molar-refractivity contribution is 5.96. The molecule has 0 unspecified atom stereocenters. The Balaban J connectivity index is 1.92. The summed E-state index contributed by atoms with van der Waals surface area (Å²) in [7, 11) is 1.67. The summed E-state index contributed by atoms with van der Waals surface area (Å²) in [5.74, 6) is -1.12. The maximum Gasteiger partial charge on any atom is 0.274 e. The zero-order valence-electron chi connectivity index (χ0n) is 14.7. The number of nitrogens with zero attached hydrogens (tertiary/aromatic N) is 1. The summed E-state index contributed by atoms with van der Waals surface area (Å²) in [6.07, 6.45) is 3.42. The standard InChI is InChI=1S/C21H16F2N2O2/c1-12-3-5-18(27-19-6-4-13(22)10-17(19)23)15(9-12)16-11-25(2)21(26)20-14(16)7-8-24-20/h3-11,24H,1-2H3. The molecule has 0 saturated heterocycles. The molecule has 1 N–H and O–H groups in total. The number of hydrogen-bond acceptors (Lipinski definition) is 2. The third-order valence-corrected chi connectivity index (χ3v) is 4.43. The first-order valence-electron chi connectivity index (χ1n) is 8.34. The molecule has 0 spiro atoms. The summed E-state index contributed by atoms with van der Waals surface area (Å²) >= 11 is 0. The molecule has 0 radical (unpaired) electrons. The largest absolute Gasteiger partial charge is 0.454 e. The number of halogens is 2. The average Bonchev–Trinajstić information content (AvgIpc) is 3.12. The molecule has 0 aliphatic carbocycles. The Bertz CT molecular complexity index is 1220. The van der Waals surface area contributed by atoms with E-state index in [-0.39, 0.29) is 11.3 Å². The van der Waals surface area contributed by atoms with E-state index in [2.05, 4.69) is 4.98 Å².